The zero-order valence-corrected chi connectivity index (χ0v) is 14.2. The normalized spacial score (nSPS) is 23.3. The molecule has 1 saturated heterocycles. The quantitative estimate of drug-likeness (QED) is 0.879. The summed E-state index contributed by atoms with van der Waals surface area (Å²) >= 11 is 0. The van der Waals surface area contributed by atoms with Crippen molar-refractivity contribution in [3.05, 3.63) is 29.8 Å². The zero-order chi connectivity index (χ0) is 17.8. The molecule has 0 spiro atoms. The van der Waals surface area contributed by atoms with E-state index in [1.807, 2.05) is 4.90 Å². The molecule has 0 bridgehead atoms. The molecule has 2 amide bonds. The van der Waals surface area contributed by atoms with Crippen LogP contribution in [0.15, 0.2) is 24.3 Å². The van der Waals surface area contributed by atoms with Crippen LogP contribution in [0.1, 0.15) is 48.9 Å². The van der Waals surface area contributed by atoms with E-state index in [0.717, 1.165) is 38.8 Å². The van der Waals surface area contributed by atoms with Gasteiger partial charge >= 0.3 is 5.97 Å². The molecular weight excluding hydrogens is 320 g/mol. The lowest BCUT2D eigenvalue weighted by atomic mass is 9.78. The molecule has 1 aliphatic heterocycles. The van der Waals surface area contributed by atoms with E-state index in [-0.39, 0.29) is 11.8 Å². The van der Waals surface area contributed by atoms with Gasteiger partial charge in [0, 0.05) is 24.3 Å². The number of hydrogen-bond acceptors (Lipinski definition) is 3. The number of carbonyl (C=O) groups excluding carboxylic acids is 2. The Hall–Kier alpha value is -2.37. The second kappa shape index (κ2) is 7.68. The van der Waals surface area contributed by atoms with Gasteiger partial charge in [-0.15, -0.1) is 0 Å². The van der Waals surface area contributed by atoms with Gasteiger partial charge < -0.3 is 15.3 Å². The summed E-state index contributed by atoms with van der Waals surface area (Å²) in [5.41, 5.74) is 1.21. The van der Waals surface area contributed by atoms with Crippen molar-refractivity contribution in [2.75, 3.05) is 18.4 Å². The Bertz CT molecular complexity index is 650. The lowest BCUT2D eigenvalue weighted by molar-refractivity contribution is -0.147. The lowest BCUT2D eigenvalue weighted by Gasteiger charge is -2.27. The molecule has 134 valence electrons. The maximum Gasteiger partial charge on any atom is 0.307 e. The van der Waals surface area contributed by atoms with E-state index in [9.17, 15) is 19.5 Å². The third-order valence-corrected chi connectivity index (χ3v) is 5.21. The highest BCUT2D eigenvalue weighted by atomic mass is 16.4. The van der Waals surface area contributed by atoms with Gasteiger partial charge in [0.2, 0.25) is 5.91 Å². The van der Waals surface area contributed by atoms with Crippen molar-refractivity contribution in [3.8, 4) is 0 Å². The van der Waals surface area contributed by atoms with Gasteiger partial charge in [0.05, 0.1) is 11.8 Å². The van der Waals surface area contributed by atoms with Gasteiger partial charge in [-0.3, -0.25) is 14.4 Å². The molecule has 0 unspecified atom stereocenters. The Kier molecular flexibility index (Phi) is 5.36. The third kappa shape index (κ3) is 4.00. The number of aliphatic carboxylic acids is 1. The summed E-state index contributed by atoms with van der Waals surface area (Å²) in [6, 6.07) is 6.84. The Morgan fingerprint density at radius 1 is 0.920 bits per heavy atom. The molecule has 6 nitrogen and oxygen atoms in total. The molecule has 2 fully saturated rings. The van der Waals surface area contributed by atoms with Crippen LogP contribution >= 0.6 is 0 Å². The molecule has 1 aliphatic carbocycles. The standard InChI is InChI=1S/C19H24N2O4/c22-17(15-5-1-2-6-16(15)19(24)25)20-14-9-7-13(8-10-14)18(23)21-11-3-4-12-21/h7-10,15-16H,1-6,11-12H2,(H,20,22)(H,24,25)/t15-,16+/m1/s1. The van der Waals surface area contributed by atoms with E-state index < -0.39 is 17.8 Å². The lowest BCUT2D eigenvalue weighted by Crippen LogP contribution is -2.36. The predicted octanol–water partition coefficient (Wildman–Crippen LogP) is 2.75. The average Bonchev–Trinajstić information content (AvgIpc) is 3.16. The van der Waals surface area contributed by atoms with Gasteiger partial charge in [-0.05, 0) is 49.9 Å². The van der Waals surface area contributed by atoms with Crippen molar-refractivity contribution < 1.29 is 19.5 Å². The summed E-state index contributed by atoms with van der Waals surface area (Å²) in [6.45, 7) is 1.60. The van der Waals surface area contributed by atoms with Crippen molar-refractivity contribution in [3.63, 3.8) is 0 Å². The second-order valence-electron chi connectivity index (χ2n) is 6.90. The number of carboxylic acid groups (broad SMARTS) is 1. The Labute approximate surface area is 147 Å². The van der Waals surface area contributed by atoms with E-state index in [1.54, 1.807) is 24.3 Å². The second-order valence-corrected chi connectivity index (χ2v) is 6.90. The number of amides is 2. The molecule has 0 radical (unpaired) electrons. The third-order valence-electron chi connectivity index (χ3n) is 5.21. The molecule has 3 rings (SSSR count). The van der Waals surface area contributed by atoms with E-state index in [2.05, 4.69) is 5.32 Å². The number of hydrogen-bond donors (Lipinski definition) is 2. The molecule has 1 aromatic carbocycles. The maximum atomic E-state index is 12.5. The first-order valence-corrected chi connectivity index (χ1v) is 8.99. The van der Waals surface area contributed by atoms with Crippen molar-refractivity contribution in [2.24, 2.45) is 11.8 Å². The number of benzene rings is 1. The summed E-state index contributed by atoms with van der Waals surface area (Å²) in [5, 5.41) is 12.1. The largest absolute Gasteiger partial charge is 0.481 e. The average molecular weight is 344 g/mol. The number of rotatable bonds is 4. The van der Waals surface area contributed by atoms with E-state index >= 15 is 0 Å². The van der Waals surface area contributed by atoms with Crippen molar-refractivity contribution in [2.45, 2.75) is 38.5 Å². The first-order chi connectivity index (χ1) is 12.1. The summed E-state index contributed by atoms with van der Waals surface area (Å²) in [7, 11) is 0. The highest BCUT2D eigenvalue weighted by molar-refractivity contribution is 5.97. The van der Waals surface area contributed by atoms with Crippen LogP contribution in [0, 0.1) is 11.8 Å². The van der Waals surface area contributed by atoms with Crippen LogP contribution < -0.4 is 5.32 Å². The van der Waals surface area contributed by atoms with Crippen molar-refractivity contribution >= 4 is 23.5 Å². The molecule has 6 heteroatoms. The first kappa shape index (κ1) is 17.5. The van der Waals surface area contributed by atoms with Crippen LogP contribution in [-0.4, -0.2) is 40.9 Å². The van der Waals surface area contributed by atoms with Crippen LogP contribution in [-0.2, 0) is 9.59 Å². The van der Waals surface area contributed by atoms with Crippen molar-refractivity contribution in [1.82, 2.24) is 4.90 Å². The van der Waals surface area contributed by atoms with Gasteiger partial charge in [-0.1, -0.05) is 12.8 Å². The highest BCUT2D eigenvalue weighted by Gasteiger charge is 2.35. The molecule has 2 atom stereocenters. The maximum absolute atomic E-state index is 12.5. The number of carboxylic acids is 1. The highest BCUT2D eigenvalue weighted by Crippen LogP contribution is 2.31. The number of likely N-dealkylation sites (tertiary alicyclic amines) is 1. The molecule has 2 N–H and O–H groups in total. The van der Waals surface area contributed by atoms with Crippen LogP contribution in [0.4, 0.5) is 5.69 Å². The Balaban J connectivity index is 1.63. The molecule has 2 aliphatic rings. The fourth-order valence-electron chi connectivity index (χ4n) is 3.77. The minimum atomic E-state index is -0.897. The summed E-state index contributed by atoms with van der Waals surface area (Å²) < 4.78 is 0. The van der Waals surface area contributed by atoms with E-state index in [0.29, 0.717) is 24.1 Å². The number of carbonyl (C=O) groups is 3. The summed E-state index contributed by atoms with van der Waals surface area (Å²) in [4.78, 5) is 38.0. The van der Waals surface area contributed by atoms with Gasteiger partial charge in [0.15, 0.2) is 0 Å². The number of nitrogens with zero attached hydrogens (tertiary/aromatic N) is 1. The molecule has 1 saturated carbocycles. The molecule has 1 aromatic rings. The molecular formula is C19H24N2O4. The Morgan fingerprint density at radius 3 is 2.12 bits per heavy atom. The minimum absolute atomic E-state index is 0.0219. The summed E-state index contributed by atoms with van der Waals surface area (Å²) in [6.07, 6.45) is 4.99. The zero-order valence-electron chi connectivity index (χ0n) is 14.2. The van der Waals surface area contributed by atoms with Crippen LogP contribution in [0.25, 0.3) is 0 Å². The number of anilines is 1. The van der Waals surface area contributed by atoms with Crippen LogP contribution in [0.2, 0.25) is 0 Å². The van der Waals surface area contributed by atoms with E-state index in [1.165, 1.54) is 0 Å². The monoisotopic (exact) mass is 344 g/mol. The van der Waals surface area contributed by atoms with Crippen LogP contribution in [0.3, 0.4) is 0 Å². The Morgan fingerprint density at radius 2 is 1.52 bits per heavy atom. The smallest absolute Gasteiger partial charge is 0.307 e. The fourth-order valence-corrected chi connectivity index (χ4v) is 3.77. The fraction of sp³-hybridized carbons (Fsp3) is 0.526. The molecule has 1 heterocycles. The summed E-state index contributed by atoms with van der Waals surface area (Å²) in [5.74, 6) is -2.22. The van der Waals surface area contributed by atoms with Gasteiger partial charge in [-0.2, -0.15) is 0 Å². The minimum Gasteiger partial charge on any atom is -0.481 e. The number of nitrogens with one attached hydrogen (secondary N) is 1. The van der Waals surface area contributed by atoms with Crippen molar-refractivity contribution in [1.29, 1.82) is 0 Å². The topological polar surface area (TPSA) is 86.7 Å². The van der Waals surface area contributed by atoms with Crippen LogP contribution in [0.5, 0.6) is 0 Å². The predicted molar refractivity (Wildman–Crippen MR) is 93.3 cm³/mol. The van der Waals surface area contributed by atoms with Gasteiger partial charge in [0.1, 0.15) is 0 Å². The van der Waals surface area contributed by atoms with Gasteiger partial charge in [-0.25, -0.2) is 0 Å². The van der Waals surface area contributed by atoms with Gasteiger partial charge in [0.25, 0.3) is 5.91 Å². The van der Waals surface area contributed by atoms with E-state index in [4.69, 9.17) is 0 Å². The first-order valence-electron chi connectivity index (χ1n) is 8.99. The molecule has 0 aromatic heterocycles. The SMILES string of the molecule is O=C(O)[C@H]1CCCC[C@H]1C(=O)Nc1ccc(C(=O)N2CCCC2)cc1. The molecule has 25 heavy (non-hydrogen) atoms.